The molecule has 1 aromatic carbocycles. The van der Waals surface area contributed by atoms with Gasteiger partial charge in [-0.2, -0.15) is 0 Å². The monoisotopic (exact) mass is 221 g/mol. The van der Waals surface area contributed by atoms with E-state index < -0.39 is 0 Å². The van der Waals surface area contributed by atoms with E-state index in [2.05, 4.69) is 12.2 Å². The van der Waals surface area contributed by atoms with Crippen LogP contribution >= 0.6 is 0 Å². The van der Waals surface area contributed by atoms with Crippen molar-refractivity contribution in [3.63, 3.8) is 0 Å². The largest absolute Gasteiger partial charge is 0.314 e. The van der Waals surface area contributed by atoms with Crippen LogP contribution < -0.4 is 5.32 Å². The zero-order chi connectivity index (χ0) is 11.4. The third kappa shape index (κ3) is 3.05. The number of benzene rings is 1. The molecule has 2 rings (SSSR count). The molecule has 2 heteroatoms. The third-order valence-corrected chi connectivity index (χ3v) is 3.39. The highest BCUT2D eigenvalue weighted by Gasteiger charge is 2.17. The van der Waals surface area contributed by atoms with Gasteiger partial charge in [0.05, 0.1) is 0 Å². The summed E-state index contributed by atoms with van der Waals surface area (Å²) in [4.78, 5) is 0. The van der Waals surface area contributed by atoms with Crippen molar-refractivity contribution < 1.29 is 4.39 Å². The van der Waals surface area contributed by atoms with Gasteiger partial charge in [0.15, 0.2) is 0 Å². The Balaban J connectivity index is 1.77. The van der Waals surface area contributed by atoms with Crippen molar-refractivity contribution in [2.24, 2.45) is 5.92 Å². The molecular weight excluding hydrogens is 201 g/mol. The van der Waals surface area contributed by atoms with Gasteiger partial charge in [0.1, 0.15) is 5.82 Å². The highest BCUT2D eigenvalue weighted by atomic mass is 19.1. The maximum atomic E-state index is 13.4. The first kappa shape index (κ1) is 11.6. The minimum atomic E-state index is -0.0713. The summed E-state index contributed by atoms with van der Waals surface area (Å²) < 4.78 is 13.4. The molecule has 0 heterocycles. The number of nitrogens with one attached hydrogen (secondary N) is 1. The van der Waals surface area contributed by atoms with Gasteiger partial charge in [0, 0.05) is 6.04 Å². The minimum absolute atomic E-state index is 0.0713. The summed E-state index contributed by atoms with van der Waals surface area (Å²) in [7, 11) is 0. The fraction of sp³-hybridized carbons (Fsp3) is 0.571. The molecule has 1 nitrogen and oxygen atoms in total. The lowest BCUT2D eigenvalue weighted by atomic mass is 9.92. The lowest BCUT2D eigenvalue weighted by Gasteiger charge is -2.28. The first-order valence-electron chi connectivity index (χ1n) is 6.22. The van der Waals surface area contributed by atoms with Crippen molar-refractivity contribution in [3.05, 3.63) is 35.6 Å². The summed E-state index contributed by atoms with van der Waals surface area (Å²) in [5, 5.41) is 3.54. The van der Waals surface area contributed by atoms with Crippen LogP contribution in [0.25, 0.3) is 0 Å². The minimum Gasteiger partial charge on any atom is -0.314 e. The topological polar surface area (TPSA) is 12.0 Å². The van der Waals surface area contributed by atoms with Crippen molar-refractivity contribution in [3.8, 4) is 0 Å². The molecule has 88 valence electrons. The molecule has 0 spiro atoms. The average Bonchev–Trinajstić information content (AvgIpc) is 2.19. The highest BCUT2D eigenvalue weighted by molar-refractivity contribution is 5.17. The van der Waals surface area contributed by atoms with Gasteiger partial charge in [-0.05, 0) is 43.4 Å². The fourth-order valence-electron chi connectivity index (χ4n) is 2.09. The molecular formula is C14H20FN. The van der Waals surface area contributed by atoms with E-state index in [0.717, 1.165) is 24.6 Å². The number of hydrogen-bond donors (Lipinski definition) is 1. The van der Waals surface area contributed by atoms with Gasteiger partial charge in [-0.3, -0.25) is 0 Å². The second-order valence-corrected chi connectivity index (χ2v) is 4.94. The van der Waals surface area contributed by atoms with Crippen molar-refractivity contribution in [2.45, 2.75) is 38.6 Å². The second-order valence-electron chi connectivity index (χ2n) is 4.94. The predicted octanol–water partition coefficient (Wildman–Crippen LogP) is 3.15. The summed E-state index contributed by atoms with van der Waals surface area (Å²) in [6.07, 6.45) is 4.81. The van der Waals surface area contributed by atoms with Gasteiger partial charge < -0.3 is 5.32 Å². The maximum absolute atomic E-state index is 13.4. The van der Waals surface area contributed by atoms with Crippen molar-refractivity contribution >= 4 is 0 Å². The van der Waals surface area contributed by atoms with Crippen LogP contribution in [0.1, 0.15) is 31.7 Å². The maximum Gasteiger partial charge on any atom is 0.126 e. The van der Waals surface area contributed by atoms with E-state index in [0.29, 0.717) is 5.92 Å². The van der Waals surface area contributed by atoms with E-state index in [9.17, 15) is 4.39 Å². The van der Waals surface area contributed by atoms with E-state index in [1.807, 2.05) is 12.1 Å². The molecule has 0 saturated heterocycles. The van der Waals surface area contributed by atoms with E-state index in [1.54, 1.807) is 12.1 Å². The molecule has 1 aliphatic rings. The van der Waals surface area contributed by atoms with Crippen LogP contribution in [0.5, 0.6) is 0 Å². The fourth-order valence-corrected chi connectivity index (χ4v) is 2.09. The lowest BCUT2D eigenvalue weighted by molar-refractivity contribution is 0.320. The smallest absolute Gasteiger partial charge is 0.126 e. The number of hydrogen-bond acceptors (Lipinski definition) is 1. The Labute approximate surface area is 97.1 Å². The Hall–Kier alpha value is -0.890. The molecule has 0 aromatic heterocycles. The SMILES string of the molecule is CC(CNC1CCC1)Cc1ccccc1F. The van der Waals surface area contributed by atoms with Crippen LogP contribution in [0, 0.1) is 11.7 Å². The van der Waals surface area contributed by atoms with Gasteiger partial charge >= 0.3 is 0 Å². The quantitative estimate of drug-likeness (QED) is 0.805. The van der Waals surface area contributed by atoms with E-state index >= 15 is 0 Å². The molecule has 1 atom stereocenters. The van der Waals surface area contributed by atoms with E-state index in [1.165, 1.54) is 19.3 Å². The van der Waals surface area contributed by atoms with Crippen LogP contribution in [0.3, 0.4) is 0 Å². The van der Waals surface area contributed by atoms with E-state index in [-0.39, 0.29) is 5.82 Å². The molecule has 0 bridgehead atoms. The molecule has 1 aromatic rings. The molecule has 1 aliphatic carbocycles. The summed E-state index contributed by atoms with van der Waals surface area (Å²) in [5.41, 5.74) is 0.838. The summed E-state index contributed by atoms with van der Waals surface area (Å²) >= 11 is 0. The van der Waals surface area contributed by atoms with Crippen molar-refractivity contribution in [1.82, 2.24) is 5.32 Å². The second kappa shape index (κ2) is 5.44. The Kier molecular flexibility index (Phi) is 3.94. The van der Waals surface area contributed by atoms with Gasteiger partial charge in [-0.25, -0.2) is 4.39 Å². The first-order valence-corrected chi connectivity index (χ1v) is 6.22. The predicted molar refractivity (Wildman–Crippen MR) is 64.9 cm³/mol. The van der Waals surface area contributed by atoms with Gasteiger partial charge in [-0.1, -0.05) is 31.5 Å². The molecule has 1 N–H and O–H groups in total. The van der Waals surface area contributed by atoms with Gasteiger partial charge in [0.2, 0.25) is 0 Å². The molecule has 1 saturated carbocycles. The van der Waals surface area contributed by atoms with Crippen LogP contribution in [0.2, 0.25) is 0 Å². The average molecular weight is 221 g/mol. The van der Waals surface area contributed by atoms with Crippen LogP contribution in [-0.4, -0.2) is 12.6 Å². The standard InChI is InChI=1S/C14H20FN/c1-11(10-16-13-6-4-7-13)9-12-5-2-3-8-14(12)15/h2-3,5,8,11,13,16H,4,6-7,9-10H2,1H3. The van der Waals surface area contributed by atoms with Gasteiger partial charge in [0.25, 0.3) is 0 Å². The molecule has 0 aliphatic heterocycles. The lowest BCUT2D eigenvalue weighted by Crippen LogP contribution is -2.38. The van der Waals surface area contributed by atoms with Crippen LogP contribution in [-0.2, 0) is 6.42 Å². The zero-order valence-corrected chi connectivity index (χ0v) is 9.88. The molecule has 1 fully saturated rings. The normalized spacial score (nSPS) is 18.1. The molecule has 0 amide bonds. The number of rotatable bonds is 5. The van der Waals surface area contributed by atoms with Crippen molar-refractivity contribution in [1.29, 1.82) is 0 Å². The molecule has 16 heavy (non-hydrogen) atoms. The Morgan fingerprint density at radius 3 is 2.75 bits per heavy atom. The summed E-state index contributed by atoms with van der Waals surface area (Å²) in [5.74, 6) is 0.426. The highest BCUT2D eigenvalue weighted by Crippen LogP contribution is 2.19. The van der Waals surface area contributed by atoms with Gasteiger partial charge in [-0.15, -0.1) is 0 Å². The third-order valence-electron chi connectivity index (χ3n) is 3.39. The zero-order valence-electron chi connectivity index (χ0n) is 9.88. The Bertz CT molecular complexity index is 333. The first-order chi connectivity index (χ1) is 7.75. The van der Waals surface area contributed by atoms with Crippen molar-refractivity contribution in [2.75, 3.05) is 6.54 Å². The molecule has 0 radical (unpaired) electrons. The molecule has 1 unspecified atom stereocenters. The van der Waals surface area contributed by atoms with E-state index in [4.69, 9.17) is 0 Å². The Morgan fingerprint density at radius 2 is 2.12 bits per heavy atom. The number of halogens is 1. The summed E-state index contributed by atoms with van der Waals surface area (Å²) in [6.45, 7) is 3.18. The Morgan fingerprint density at radius 1 is 1.38 bits per heavy atom. The summed E-state index contributed by atoms with van der Waals surface area (Å²) in [6, 6.07) is 7.81. The van der Waals surface area contributed by atoms with Crippen LogP contribution in [0.4, 0.5) is 4.39 Å². The van der Waals surface area contributed by atoms with Crippen LogP contribution in [0.15, 0.2) is 24.3 Å².